The largest absolute Gasteiger partial charge is 0.356 e. The van der Waals surface area contributed by atoms with Gasteiger partial charge in [-0.05, 0) is 18.3 Å². The first-order valence-corrected chi connectivity index (χ1v) is 6.77. The highest BCUT2D eigenvalue weighted by atomic mass is 35.5. The minimum absolute atomic E-state index is 0.181. The van der Waals surface area contributed by atoms with Gasteiger partial charge in [-0.15, -0.1) is 0 Å². The monoisotopic (exact) mass is 269 g/mol. The lowest BCUT2D eigenvalue weighted by molar-refractivity contribution is 0.328. The number of hydrogen-bond donors (Lipinski definition) is 0. The van der Waals surface area contributed by atoms with Gasteiger partial charge in [0.1, 0.15) is 17.3 Å². The second kappa shape index (κ2) is 5.43. The van der Waals surface area contributed by atoms with Crippen molar-refractivity contribution in [1.29, 1.82) is 0 Å². The molecule has 4 heteroatoms. The van der Waals surface area contributed by atoms with Gasteiger partial charge in [0.05, 0.1) is 0 Å². The second-order valence-electron chi connectivity index (χ2n) is 6.21. The van der Waals surface area contributed by atoms with Crippen molar-refractivity contribution in [1.82, 2.24) is 9.97 Å². The van der Waals surface area contributed by atoms with Crippen molar-refractivity contribution < 1.29 is 0 Å². The lowest BCUT2D eigenvalue weighted by Crippen LogP contribution is -2.40. The van der Waals surface area contributed by atoms with Crippen LogP contribution < -0.4 is 4.90 Å². The summed E-state index contributed by atoms with van der Waals surface area (Å²) in [7, 11) is 2.07. The molecule has 0 aliphatic rings. The zero-order valence-corrected chi connectivity index (χ0v) is 13.2. The van der Waals surface area contributed by atoms with Gasteiger partial charge in [-0.1, -0.05) is 46.2 Å². The summed E-state index contributed by atoms with van der Waals surface area (Å²) in [4.78, 5) is 10.7. The van der Waals surface area contributed by atoms with E-state index < -0.39 is 0 Å². The Balaban J connectivity index is 3.21. The van der Waals surface area contributed by atoms with E-state index in [0.29, 0.717) is 17.1 Å². The van der Waals surface area contributed by atoms with Crippen LogP contribution in [0.1, 0.15) is 53.0 Å². The number of aromatic nitrogens is 2. The summed E-state index contributed by atoms with van der Waals surface area (Å²) in [5, 5.41) is 0.558. The van der Waals surface area contributed by atoms with E-state index in [1.807, 2.05) is 0 Å². The molecule has 0 aromatic carbocycles. The van der Waals surface area contributed by atoms with Crippen molar-refractivity contribution >= 4 is 17.4 Å². The molecule has 1 rings (SSSR count). The summed E-state index contributed by atoms with van der Waals surface area (Å²) < 4.78 is 0. The molecule has 1 aromatic rings. The molecule has 0 bridgehead atoms. The van der Waals surface area contributed by atoms with E-state index >= 15 is 0 Å². The van der Waals surface area contributed by atoms with Gasteiger partial charge < -0.3 is 4.90 Å². The summed E-state index contributed by atoms with van der Waals surface area (Å²) in [5.74, 6) is 1.25. The molecule has 0 N–H and O–H groups in total. The van der Waals surface area contributed by atoms with Crippen molar-refractivity contribution in [2.45, 2.75) is 53.5 Å². The molecular weight excluding hydrogens is 246 g/mol. The molecular formula is C14H24ClN3. The number of anilines is 1. The maximum Gasteiger partial charge on any atom is 0.138 e. The molecule has 0 aliphatic heterocycles. The molecule has 18 heavy (non-hydrogen) atoms. The van der Waals surface area contributed by atoms with Crippen LogP contribution in [0.25, 0.3) is 0 Å². The molecule has 0 fully saturated rings. The Kier molecular flexibility index (Phi) is 4.60. The fraction of sp³-hybridized carbons (Fsp3) is 0.714. The van der Waals surface area contributed by atoms with Crippen LogP contribution in [0.4, 0.5) is 5.82 Å². The number of halogens is 1. The fourth-order valence-corrected chi connectivity index (χ4v) is 2.25. The van der Waals surface area contributed by atoms with Crippen LogP contribution in [0.2, 0.25) is 5.15 Å². The van der Waals surface area contributed by atoms with Gasteiger partial charge in [0.15, 0.2) is 0 Å². The normalized spacial score (nSPS) is 13.8. The molecule has 3 nitrogen and oxygen atoms in total. The molecule has 1 unspecified atom stereocenters. The lowest BCUT2D eigenvalue weighted by atomic mass is 9.87. The third kappa shape index (κ3) is 3.14. The molecule has 102 valence electrons. The molecule has 1 aromatic heterocycles. The van der Waals surface area contributed by atoms with Crippen LogP contribution >= 0.6 is 11.6 Å². The maximum absolute atomic E-state index is 6.21. The Morgan fingerprint density at radius 1 is 1.17 bits per heavy atom. The zero-order valence-electron chi connectivity index (χ0n) is 12.5. The third-order valence-corrected chi connectivity index (χ3v) is 3.86. The highest BCUT2D eigenvalue weighted by molar-refractivity contribution is 6.30. The van der Waals surface area contributed by atoms with Gasteiger partial charge in [0.2, 0.25) is 0 Å². The van der Waals surface area contributed by atoms with E-state index in [4.69, 9.17) is 11.6 Å². The van der Waals surface area contributed by atoms with E-state index in [9.17, 15) is 0 Å². The number of hydrogen-bond acceptors (Lipinski definition) is 3. The summed E-state index contributed by atoms with van der Waals surface area (Å²) in [6, 6.07) is 0.362. The number of rotatable bonds is 3. The minimum atomic E-state index is 0.181. The van der Waals surface area contributed by atoms with Crippen LogP contribution in [0.5, 0.6) is 0 Å². The van der Waals surface area contributed by atoms with Gasteiger partial charge in [0, 0.05) is 18.7 Å². The van der Waals surface area contributed by atoms with Gasteiger partial charge >= 0.3 is 0 Å². The van der Waals surface area contributed by atoms with E-state index in [1.165, 1.54) is 6.33 Å². The third-order valence-electron chi connectivity index (χ3n) is 3.56. The highest BCUT2D eigenvalue weighted by Gasteiger charge is 2.27. The standard InChI is InChI=1S/C14H24ClN3/c1-9(2)11-12(15)16-8-17-13(11)18(7)10(3)14(4,5)6/h8-10H,1-7H3. The topological polar surface area (TPSA) is 29.0 Å². The van der Waals surface area contributed by atoms with Crippen molar-refractivity contribution in [2.75, 3.05) is 11.9 Å². The van der Waals surface area contributed by atoms with Crippen LogP contribution in [0, 0.1) is 5.41 Å². The average Bonchev–Trinajstić information content (AvgIpc) is 2.24. The molecule has 0 radical (unpaired) electrons. The minimum Gasteiger partial charge on any atom is -0.356 e. The SMILES string of the molecule is CC(C)c1c(Cl)ncnc1N(C)C(C)C(C)(C)C. The highest BCUT2D eigenvalue weighted by Crippen LogP contribution is 2.33. The maximum atomic E-state index is 6.21. The van der Waals surface area contributed by atoms with Crippen molar-refractivity contribution in [3.05, 3.63) is 17.0 Å². The van der Waals surface area contributed by atoms with E-state index in [0.717, 1.165) is 11.4 Å². The Labute approximate surface area is 116 Å². The van der Waals surface area contributed by atoms with E-state index in [2.05, 4.69) is 63.5 Å². The van der Waals surface area contributed by atoms with Crippen molar-refractivity contribution in [3.8, 4) is 0 Å². The van der Waals surface area contributed by atoms with Crippen LogP contribution in [-0.4, -0.2) is 23.1 Å². The first-order valence-electron chi connectivity index (χ1n) is 6.39. The van der Waals surface area contributed by atoms with Crippen LogP contribution in [0.15, 0.2) is 6.33 Å². The van der Waals surface area contributed by atoms with Gasteiger partial charge in [0.25, 0.3) is 0 Å². The molecule has 1 atom stereocenters. The first-order chi connectivity index (χ1) is 8.16. The van der Waals surface area contributed by atoms with Gasteiger partial charge in [-0.25, -0.2) is 9.97 Å². The molecule has 0 aliphatic carbocycles. The molecule has 0 saturated heterocycles. The predicted octanol–water partition coefficient (Wildman–Crippen LogP) is 4.12. The zero-order chi connectivity index (χ0) is 14.1. The van der Waals surface area contributed by atoms with Crippen molar-refractivity contribution in [3.63, 3.8) is 0 Å². The average molecular weight is 270 g/mol. The smallest absolute Gasteiger partial charge is 0.138 e. The van der Waals surface area contributed by atoms with Gasteiger partial charge in [-0.3, -0.25) is 0 Å². The molecule has 0 saturated carbocycles. The van der Waals surface area contributed by atoms with Crippen LogP contribution in [0.3, 0.4) is 0 Å². The summed E-state index contributed by atoms with van der Waals surface area (Å²) in [5.41, 5.74) is 1.21. The Hall–Kier alpha value is -0.830. The quantitative estimate of drug-likeness (QED) is 0.773. The van der Waals surface area contributed by atoms with Crippen LogP contribution in [-0.2, 0) is 0 Å². The Bertz CT molecular complexity index is 410. The van der Waals surface area contributed by atoms with Gasteiger partial charge in [-0.2, -0.15) is 0 Å². The molecule has 1 heterocycles. The molecule has 0 amide bonds. The van der Waals surface area contributed by atoms with E-state index in [1.54, 1.807) is 0 Å². The fourth-order valence-electron chi connectivity index (χ4n) is 1.91. The first kappa shape index (κ1) is 15.2. The predicted molar refractivity (Wildman–Crippen MR) is 78.5 cm³/mol. The second-order valence-corrected chi connectivity index (χ2v) is 6.57. The molecule has 0 spiro atoms. The summed E-state index contributed by atoms with van der Waals surface area (Å²) in [6.07, 6.45) is 1.54. The Morgan fingerprint density at radius 3 is 2.17 bits per heavy atom. The summed E-state index contributed by atoms with van der Waals surface area (Å²) >= 11 is 6.21. The van der Waals surface area contributed by atoms with E-state index in [-0.39, 0.29) is 5.41 Å². The lowest BCUT2D eigenvalue weighted by Gasteiger charge is -2.37. The number of nitrogens with zero attached hydrogens (tertiary/aromatic N) is 3. The summed E-state index contributed by atoms with van der Waals surface area (Å²) in [6.45, 7) is 13.1. The Morgan fingerprint density at radius 2 is 1.72 bits per heavy atom. The van der Waals surface area contributed by atoms with Crippen molar-refractivity contribution in [2.24, 2.45) is 5.41 Å².